The maximum absolute atomic E-state index is 11.8. The van der Waals surface area contributed by atoms with Crippen LogP contribution in [0.25, 0.3) is 0 Å². The summed E-state index contributed by atoms with van der Waals surface area (Å²) in [4.78, 5) is 22.9. The molecule has 0 saturated carbocycles. The van der Waals surface area contributed by atoms with Crippen LogP contribution in [-0.2, 0) is 4.79 Å². The van der Waals surface area contributed by atoms with Gasteiger partial charge in [-0.25, -0.2) is 4.79 Å². The molecule has 0 bridgehead atoms. The highest BCUT2D eigenvalue weighted by Gasteiger charge is 2.18. The summed E-state index contributed by atoms with van der Waals surface area (Å²) in [6, 6.07) is 4.82. The van der Waals surface area contributed by atoms with Crippen molar-refractivity contribution in [2.45, 2.75) is 32.8 Å². The largest absolute Gasteiger partial charge is 0.480 e. The predicted molar refractivity (Wildman–Crippen MR) is 84.1 cm³/mol. The van der Waals surface area contributed by atoms with Crippen LogP contribution in [-0.4, -0.2) is 29.6 Å². The van der Waals surface area contributed by atoms with Gasteiger partial charge in [0, 0.05) is 10.1 Å². The Hall–Kier alpha value is -1.31. The molecule has 5 nitrogen and oxygen atoms in total. The van der Waals surface area contributed by atoms with Crippen molar-refractivity contribution < 1.29 is 19.4 Å². The predicted octanol–water partition coefficient (Wildman–Crippen LogP) is 2.67. The van der Waals surface area contributed by atoms with E-state index in [0.29, 0.717) is 6.54 Å². The molecule has 0 fully saturated rings. The Morgan fingerprint density at radius 2 is 2.15 bits per heavy atom. The van der Waals surface area contributed by atoms with Crippen LogP contribution < -0.4 is 10.1 Å². The highest BCUT2D eigenvalue weighted by molar-refractivity contribution is 14.1. The van der Waals surface area contributed by atoms with E-state index in [-0.39, 0.29) is 17.2 Å². The molecule has 20 heavy (non-hydrogen) atoms. The molecule has 0 aliphatic rings. The first-order chi connectivity index (χ1) is 9.45. The van der Waals surface area contributed by atoms with E-state index < -0.39 is 12.1 Å². The summed E-state index contributed by atoms with van der Waals surface area (Å²) in [5, 5.41) is 11.9. The number of benzene rings is 1. The first-order valence-corrected chi connectivity index (χ1v) is 7.50. The zero-order chi connectivity index (χ0) is 15.1. The lowest BCUT2D eigenvalue weighted by molar-refractivity contribution is -0.127. The fraction of sp³-hybridized carbons (Fsp3) is 0.429. The molecular formula is C14H18INO4. The molecule has 0 saturated heterocycles. The van der Waals surface area contributed by atoms with Gasteiger partial charge in [-0.3, -0.25) is 4.79 Å². The topological polar surface area (TPSA) is 75.6 Å². The third-order valence-corrected chi connectivity index (χ3v) is 3.35. The van der Waals surface area contributed by atoms with Gasteiger partial charge in [-0.05, 0) is 54.1 Å². The molecule has 0 aliphatic heterocycles. The average molecular weight is 391 g/mol. The van der Waals surface area contributed by atoms with Gasteiger partial charge >= 0.3 is 5.97 Å². The molecule has 1 rings (SSSR count). The molecule has 1 unspecified atom stereocenters. The molecule has 0 radical (unpaired) electrons. The zero-order valence-electron chi connectivity index (χ0n) is 11.5. The lowest BCUT2D eigenvalue weighted by Gasteiger charge is -2.16. The average Bonchev–Trinajstić information content (AvgIpc) is 2.40. The number of carboxylic acids is 1. The Morgan fingerprint density at radius 1 is 1.45 bits per heavy atom. The number of ether oxygens (including phenoxy) is 1. The van der Waals surface area contributed by atoms with E-state index in [1.807, 2.05) is 29.5 Å². The van der Waals surface area contributed by atoms with E-state index in [1.165, 1.54) is 6.07 Å². The number of carbonyl (C=O) groups is 2. The molecule has 2 N–H and O–H groups in total. The minimum absolute atomic E-state index is 0.0603. The van der Waals surface area contributed by atoms with Crippen LogP contribution in [0.5, 0.6) is 5.75 Å². The van der Waals surface area contributed by atoms with Gasteiger partial charge in [-0.15, -0.1) is 0 Å². The smallest absolute Gasteiger partial charge is 0.339 e. The second-order valence-corrected chi connectivity index (χ2v) is 5.60. The number of carbonyl (C=O) groups excluding carboxylic acids is 1. The maximum Gasteiger partial charge on any atom is 0.339 e. The third-order valence-electron chi connectivity index (χ3n) is 2.67. The molecule has 0 heterocycles. The lowest BCUT2D eigenvalue weighted by Crippen LogP contribution is -2.37. The van der Waals surface area contributed by atoms with Crippen molar-refractivity contribution in [1.82, 2.24) is 5.32 Å². The summed E-state index contributed by atoms with van der Waals surface area (Å²) in [6.45, 7) is 4.24. The fourth-order valence-electron chi connectivity index (χ4n) is 1.55. The van der Waals surface area contributed by atoms with Crippen molar-refractivity contribution in [3.63, 3.8) is 0 Å². The van der Waals surface area contributed by atoms with Gasteiger partial charge in [-0.1, -0.05) is 13.3 Å². The molecule has 1 atom stereocenters. The van der Waals surface area contributed by atoms with Gasteiger partial charge < -0.3 is 15.2 Å². The van der Waals surface area contributed by atoms with Crippen LogP contribution in [0.1, 0.15) is 37.0 Å². The highest BCUT2D eigenvalue weighted by Crippen LogP contribution is 2.22. The van der Waals surface area contributed by atoms with Gasteiger partial charge in [0.15, 0.2) is 6.10 Å². The molecule has 1 aromatic rings. The van der Waals surface area contributed by atoms with Gasteiger partial charge in [-0.2, -0.15) is 0 Å². The second kappa shape index (κ2) is 8.08. The number of halogens is 1. The molecule has 110 valence electrons. The monoisotopic (exact) mass is 391 g/mol. The molecule has 0 spiro atoms. The Balaban J connectivity index is 2.72. The number of aromatic carboxylic acids is 1. The minimum Gasteiger partial charge on any atom is -0.480 e. The van der Waals surface area contributed by atoms with Crippen LogP contribution in [0, 0.1) is 3.57 Å². The van der Waals surface area contributed by atoms with Gasteiger partial charge in [0.1, 0.15) is 11.3 Å². The van der Waals surface area contributed by atoms with Crippen LogP contribution >= 0.6 is 22.6 Å². The summed E-state index contributed by atoms with van der Waals surface area (Å²) in [6.07, 6.45) is 1.17. The van der Waals surface area contributed by atoms with Gasteiger partial charge in [0.25, 0.3) is 5.91 Å². The highest BCUT2D eigenvalue weighted by atomic mass is 127. The molecule has 6 heteroatoms. The minimum atomic E-state index is -1.07. The molecular weight excluding hydrogens is 373 g/mol. The van der Waals surface area contributed by atoms with E-state index >= 15 is 0 Å². The van der Waals surface area contributed by atoms with E-state index in [4.69, 9.17) is 9.84 Å². The van der Waals surface area contributed by atoms with Gasteiger partial charge in [0.05, 0.1) is 0 Å². The summed E-state index contributed by atoms with van der Waals surface area (Å²) in [5.41, 5.74) is 0.0603. The van der Waals surface area contributed by atoms with Crippen molar-refractivity contribution in [2.75, 3.05) is 6.54 Å². The number of unbranched alkanes of at least 4 members (excludes halogenated alkanes) is 1. The third kappa shape index (κ3) is 4.99. The zero-order valence-corrected chi connectivity index (χ0v) is 13.6. The fourth-order valence-corrected chi connectivity index (χ4v) is 2.04. The van der Waals surface area contributed by atoms with Crippen molar-refractivity contribution in [3.8, 4) is 5.75 Å². The van der Waals surface area contributed by atoms with Crippen molar-refractivity contribution in [3.05, 3.63) is 27.3 Å². The molecule has 1 aromatic carbocycles. The number of rotatable bonds is 7. The van der Waals surface area contributed by atoms with Crippen LogP contribution in [0.3, 0.4) is 0 Å². The molecule has 1 amide bonds. The first-order valence-electron chi connectivity index (χ1n) is 6.43. The normalized spacial score (nSPS) is 11.8. The van der Waals surface area contributed by atoms with E-state index in [2.05, 4.69) is 5.32 Å². The Morgan fingerprint density at radius 3 is 2.75 bits per heavy atom. The number of hydrogen-bond donors (Lipinski definition) is 2. The van der Waals surface area contributed by atoms with Crippen LogP contribution in [0.2, 0.25) is 0 Å². The standard InChI is InChI=1S/C14H18INO4/c1-3-4-7-16-13(17)9(2)20-12-6-5-10(15)8-11(12)14(18)19/h5-6,8-9H,3-4,7H2,1-2H3,(H,16,17)(H,18,19). The van der Waals surface area contributed by atoms with Crippen LogP contribution in [0.15, 0.2) is 18.2 Å². The Kier molecular flexibility index (Phi) is 6.77. The second-order valence-electron chi connectivity index (χ2n) is 4.35. The van der Waals surface area contributed by atoms with Crippen molar-refractivity contribution in [1.29, 1.82) is 0 Å². The SMILES string of the molecule is CCCCNC(=O)C(C)Oc1ccc(I)cc1C(=O)O. The molecule has 0 aromatic heterocycles. The first kappa shape index (κ1) is 16.7. The Labute approximate surface area is 131 Å². The summed E-state index contributed by atoms with van der Waals surface area (Å²) < 4.78 is 6.26. The van der Waals surface area contributed by atoms with E-state index in [9.17, 15) is 9.59 Å². The number of carboxylic acid groups (broad SMARTS) is 1. The van der Waals surface area contributed by atoms with Crippen LogP contribution in [0.4, 0.5) is 0 Å². The quantitative estimate of drug-likeness (QED) is 0.554. The van der Waals surface area contributed by atoms with E-state index in [0.717, 1.165) is 16.4 Å². The number of nitrogens with one attached hydrogen (secondary N) is 1. The summed E-state index contributed by atoms with van der Waals surface area (Å²) in [7, 11) is 0. The summed E-state index contributed by atoms with van der Waals surface area (Å²) in [5.74, 6) is -1.11. The van der Waals surface area contributed by atoms with Crippen molar-refractivity contribution in [2.24, 2.45) is 0 Å². The summed E-state index contributed by atoms with van der Waals surface area (Å²) >= 11 is 2.03. The number of amides is 1. The Bertz CT molecular complexity index is 490. The van der Waals surface area contributed by atoms with E-state index in [1.54, 1.807) is 19.1 Å². The van der Waals surface area contributed by atoms with Crippen molar-refractivity contribution >= 4 is 34.5 Å². The van der Waals surface area contributed by atoms with Gasteiger partial charge in [0.2, 0.25) is 0 Å². The maximum atomic E-state index is 11.8. The lowest BCUT2D eigenvalue weighted by atomic mass is 10.2. The molecule has 0 aliphatic carbocycles. The number of hydrogen-bond acceptors (Lipinski definition) is 3.